The molecule has 1 fully saturated rings. The van der Waals surface area contributed by atoms with Crippen molar-refractivity contribution in [3.8, 4) is 0 Å². The molecule has 4 heteroatoms. The lowest BCUT2D eigenvalue weighted by Crippen LogP contribution is -2.24. The van der Waals surface area contributed by atoms with Crippen LogP contribution >= 0.6 is 11.3 Å². The highest BCUT2D eigenvalue weighted by atomic mass is 32.1. The van der Waals surface area contributed by atoms with Crippen molar-refractivity contribution in [3.63, 3.8) is 0 Å². The molecule has 2 heterocycles. The standard InChI is InChI=1S/C15H22N2OS/c1-15(2)7-4-9-17(10-8-15)14-16-11-5-3-6-12(18)13(11)19-14/h3-10H2,1-2H3. The van der Waals surface area contributed by atoms with Crippen molar-refractivity contribution >= 4 is 22.3 Å². The Balaban J connectivity index is 1.81. The third kappa shape index (κ3) is 2.69. The van der Waals surface area contributed by atoms with E-state index in [0.717, 1.165) is 41.6 Å². The molecule has 0 saturated carbocycles. The molecule has 1 aliphatic heterocycles. The second-order valence-electron chi connectivity index (χ2n) is 6.55. The third-order valence-electron chi connectivity index (χ3n) is 4.37. The first-order valence-electron chi connectivity index (χ1n) is 7.33. The van der Waals surface area contributed by atoms with Gasteiger partial charge >= 0.3 is 0 Å². The van der Waals surface area contributed by atoms with Gasteiger partial charge in [-0.2, -0.15) is 0 Å². The molecular weight excluding hydrogens is 256 g/mol. The topological polar surface area (TPSA) is 33.2 Å². The van der Waals surface area contributed by atoms with Crippen LogP contribution in [0.15, 0.2) is 0 Å². The lowest BCUT2D eigenvalue weighted by molar-refractivity contribution is 0.0976. The van der Waals surface area contributed by atoms with Gasteiger partial charge in [-0.05, 0) is 37.5 Å². The van der Waals surface area contributed by atoms with Gasteiger partial charge in [0.1, 0.15) is 0 Å². The number of thiazole rings is 1. The van der Waals surface area contributed by atoms with E-state index in [1.807, 2.05) is 0 Å². The van der Waals surface area contributed by atoms with Crippen molar-refractivity contribution in [2.24, 2.45) is 5.41 Å². The van der Waals surface area contributed by atoms with Crippen LogP contribution in [-0.2, 0) is 6.42 Å². The number of nitrogens with zero attached hydrogens (tertiary/aromatic N) is 2. The first-order chi connectivity index (χ1) is 9.05. The van der Waals surface area contributed by atoms with Gasteiger partial charge < -0.3 is 4.90 Å². The van der Waals surface area contributed by atoms with Crippen molar-refractivity contribution in [1.82, 2.24) is 4.98 Å². The maximum Gasteiger partial charge on any atom is 0.186 e. The van der Waals surface area contributed by atoms with Gasteiger partial charge in [-0.25, -0.2) is 4.98 Å². The molecule has 0 radical (unpaired) electrons. The van der Waals surface area contributed by atoms with Gasteiger partial charge in [0.05, 0.1) is 10.6 Å². The Morgan fingerprint density at radius 1 is 1.16 bits per heavy atom. The molecular formula is C15H22N2OS. The minimum absolute atomic E-state index is 0.306. The van der Waals surface area contributed by atoms with Crippen molar-refractivity contribution in [3.05, 3.63) is 10.6 Å². The monoisotopic (exact) mass is 278 g/mol. The van der Waals surface area contributed by atoms with Crippen LogP contribution in [0.4, 0.5) is 5.13 Å². The number of anilines is 1. The second kappa shape index (κ2) is 4.89. The van der Waals surface area contributed by atoms with Crippen LogP contribution < -0.4 is 4.90 Å². The maximum absolute atomic E-state index is 11.9. The summed E-state index contributed by atoms with van der Waals surface area (Å²) in [6.07, 6.45) is 6.39. The first kappa shape index (κ1) is 13.1. The summed E-state index contributed by atoms with van der Waals surface area (Å²) >= 11 is 1.62. The number of rotatable bonds is 1. The number of hydrogen-bond acceptors (Lipinski definition) is 4. The van der Waals surface area contributed by atoms with E-state index in [-0.39, 0.29) is 0 Å². The fourth-order valence-corrected chi connectivity index (χ4v) is 4.14. The average molecular weight is 278 g/mol. The average Bonchev–Trinajstić information content (AvgIpc) is 2.70. The van der Waals surface area contributed by atoms with Crippen LogP contribution in [0.5, 0.6) is 0 Å². The predicted molar refractivity (Wildman–Crippen MR) is 79.2 cm³/mol. The number of carbonyl (C=O) groups is 1. The molecule has 0 aromatic carbocycles. The molecule has 0 atom stereocenters. The molecule has 1 aromatic heterocycles. The van der Waals surface area contributed by atoms with Gasteiger partial charge in [-0.15, -0.1) is 0 Å². The van der Waals surface area contributed by atoms with Gasteiger partial charge in [0.15, 0.2) is 10.9 Å². The van der Waals surface area contributed by atoms with E-state index in [1.54, 1.807) is 11.3 Å². The highest BCUT2D eigenvalue weighted by molar-refractivity contribution is 7.17. The summed E-state index contributed by atoms with van der Waals surface area (Å²) in [5.74, 6) is 0.306. The fraction of sp³-hybridized carbons (Fsp3) is 0.733. The lowest BCUT2D eigenvalue weighted by atomic mass is 9.85. The normalized spacial score (nSPS) is 23.1. The van der Waals surface area contributed by atoms with E-state index in [1.165, 1.54) is 19.3 Å². The smallest absolute Gasteiger partial charge is 0.186 e. The first-order valence-corrected chi connectivity index (χ1v) is 8.15. The van der Waals surface area contributed by atoms with Gasteiger partial charge in [0, 0.05) is 19.5 Å². The van der Waals surface area contributed by atoms with E-state index in [4.69, 9.17) is 4.98 Å². The number of Topliss-reactive ketones (excluding diaryl/α,β-unsaturated/α-hetero) is 1. The zero-order valence-electron chi connectivity index (χ0n) is 11.9. The second-order valence-corrected chi connectivity index (χ2v) is 7.53. The number of ketones is 1. The minimum Gasteiger partial charge on any atom is -0.348 e. The molecule has 0 unspecified atom stereocenters. The number of fused-ring (bicyclic) bond motifs is 1. The minimum atomic E-state index is 0.306. The van der Waals surface area contributed by atoms with Crippen molar-refractivity contribution in [2.75, 3.05) is 18.0 Å². The molecule has 2 aliphatic rings. The summed E-state index contributed by atoms with van der Waals surface area (Å²) < 4.78 is 0. The quantitative estimate of drug-likeness (QED) is 0.785. The molecule has 0 amide bonds. The predicted octanol–water partition coefficient (Wildman–Crippen LogP) is 3.68. The zero-order chi connectivity index (χ0) is 13.5. The van der Waals surface area contributed by atoms with Crippen LogP contribution in [0, 0.1) is 5.41 Å². The van der Waals surface area contributed by atoms with Crippen LogP contribution in [0.3, 0.4) is 0 Å². The number of carbonyl (C=O) groups excluding carboxylic acids is 1. The number of aryl methyl sites for hydroxylation is 1. The highest BCUT2D eigenvalue weighted by Crippen LogP contribution is 2.35. The Morgan fingerprint density at radius 2 is 2.00 bits per heavy atom. The van der Waals surface area contributed by atoms with Gasteiger partial charge in [0.25, 0.3) is 0 Å². The summed E-state index contributed by atoms with van der Waals surface area (Å²) in [5, 5.41) is 1.08. The molecule has 104 valence electrons. The van der Waals surface area contributed by atoms with Gasteiger partial charge in [-0.3, -0.25) is 4.79 Å². The van der Waals surface area contributed by atoms with Crippen LogP contribution in [-0.4, -0.2) is 23.9 Å². The Labute approximate surface area is 119 Å². The zero-order valence-corrected chi connectivity index (χ0v) is 12.7. The van der Waals surface area contributed by atoms with E-state index in [0.29, 0.717) is 17.6 Å². The van der Waals surface area contributed by atoms with Gasteiger partial charge in [0.2, 0.25) is 0 Å². The molecule has 1 aromatic rings. The summed E-state index contributed by atoms with van der Waals surface area (Å²) in [4.78, 5) is 20.0. The molecule has 0 spiro atoms. The van der Waals surface area contributed by atoms with Crippen LogP contribution in [0.2, 0.25) is 0 Å². The molecule has 0 N–H and O–H groups in total. The third-order valence-corrected chi connectivity index (χ3v) is 5.57. The van der Waals surface area contributed by atoms with E-state index < -0.39 is 0 Å². The van der Waals surface area contributed by atoms with Crippen molar-refractivity contribution in [2.45, 2.75) is 52.4 Å². The molecule has 1 saturated heterocycles. The largest absolute Gasteiger partial charge is 0.348 e. The Kier molecular flexibility index (Phi) is 3.37. The Hall–Kier alpha value is -0.900. The van der Waals surface area contributed by atoms with Crippen LogP contribution in [0.25, 0.3) is 0 Å². The summed E-state index contributed by atoms with van der Waals surface area (Å²) in [6.45, 7) is 6.87. The lowest BCUT2D eigenvalue weighted by Gasteiger charge is -2.22. The van der Waals surface area contributed by atoms with Crippen LogP contribution in [0.1, 0.15) is 61.3 Å². The molecule has 1 aliphatic carbocycles. The maximum atomic E-state index is 11.9. The Morgan fingerprint density at radius 3 is 2.79 bits per heavy atom. The Bertz CT molecular complexity index is 492. The van der Waals surface area contributed by atoms with E-state index >= 15 is 0 Å². The van der Waals surface area contributed by atoms with Crippen molar-refractivity contribution in [1.29, 1.82) is 0 Å². The van der Waals surface area contributed by atoms with E-state index in [9.17, 15) is 4.79 Å². The summed E-state index contributed by atoms with van der Waals surface area (Å²) in [7, 11) is 0. The SMILES string of the molecule is CC1(C)CCCN(c2nc3c(s2)C(=O)CCC3)CC1. The fourth-order valence-electron chi connectivity index (χ4n) is 3.01. The number of hydrogen-bond donors (Lipinski definition) is 0. The number of aromatic nitrogens is 1. The van der Waals surface area contributed by atoms with E-state index in [2.05, 4.69) is 18.7 Å². The molecule has 0 bridgehead atoms. The molecule has 3 nitrogen and oxygen atoms in total. The summed E-state index contributed by atoms with van der Waals surface area (Å²) in [5.41, 5.74) is 1.50. The van der Waals surface area contributed by atoms with Crippen molar-refractivity contribution < 1.29 is 4.79 Å². The van der Waals surface area contributed by atoms with Gasteiger partial charge in [-0.1, -0.05) is 25.2 Å². The molecule has 19 heavy (non-hydrogen) atoms. The highest BCUT2D eigenvalue weighted by Gasteiger charge is 2.27. The summed E-state index contributed by atoms with van der Waals surface area (Å²) in [6, 6.07) is 0. The molecule has 3 rings (SSSR count).